The molecule has 2 rings (SSSR count). The summed E-state index contributed by atoms with van der Waals surface area (Å²) in [6.45, 7) is 0.292. The van der Waals surface area contributed by atoms with Crippen LogP contribution in [0.4, 0.5) is 0 Å². The Morgan fingerprint density at radius 3 is 3.00 bits per heavy atom. The molecule has 0 saturated heterocycles. The summed E-state index contributed by atoms with van der Waals surface area (Å²) >= 11 is 0. The fourth-order valence-corrected chi connectivity index (χ4v) is 1.54. The van der Waals surface area contributed by atoms with Gasteiger partial charge in [0.2, 0.25) is 6.29 Å². The lowest BCUT2D eigenvalue weighted by Crippen LogP contribution is -2.26. The Labute approximate surface area is 95.8 Å². The summed E-state index contributed by atoms with van der Waals surface area (Å²) in [7, 11) is 1.53. The number of H-pyrrole nitrogens is 1. The predicted octanol–water partition coefficient (Wildman–Crippen LogP) is 0.278. The monoisotopic (exact) mass is 234 g/mol. The Bertz CT molecular complexity index is 626. The zero-order valence-corrected chi connectivity index (χ0v) is 9.10. The third-order valence-electron chi connectivity index (χ3n) is 2.38. The van der Waals surface area contributed by atoms with Gasteiger partial charge in [-0.2, -0.15) is 0 Å². The summed E-state index contributed by atoms with van der Waals surface area (Å²) in [5.41, 5.74) is 1.83. The number of fused-ring (bicyclic) bond motifs is 1. The predicted molar refractivity (Wildman–Crippen MR) is 59.4 cm³/mol. The maximum absolute atomic E-state index is 11.1. The molecule has 0 aliphatic rings. The molecule has 2 aromatic rings. The van der Waals surface area contributed by atoms with E-state index in [2.05, 4.69) is 4.98 Å². The zero-order chi connectivity index (χ0) is 12.4. The number of likely N-dealkylation sites (N-methyl/N-ethyl adjacent to an activating group) is 1. The molecule has 0 aliphatic heterocycles. The van der Waals surface area contributed by atoms with Gasteiger partial charge in [-0.25, -0.2) is 4.79 Å². The van der Waals surface area contributed by atoms with E-state index in [0.29, 0.717) is 17.6 Å². The Morgan fingerprint density at radius 2 is 2.29 bits per heavy atom. The van der Waals surface area contributed by atoms with E-state index in [1.807, 2.05) is 0 Å². The Morgan fingerprint density at radius 1 is 1.53 bits per heavy atom. The Hall–Kier alpha value is -2.37. The van der Waals surface area contributed by atoms with Gasteiger partial charge in [-0.05, 0) is 17.7 Å². The number of hydrogen-bond acceptors (Lipinski definition) is 4. The molecule has 0 saturated carbocycles. The summed E-state index contributed by atoms with van der Waals surface area (Å²) in [6, 6.07) is 5.07. The highest BCUT2D eigenvalue weighted by molar-refractivity contribution is 6.23. The number of carbonyl (C=O) groups is 2. The fourth-order valence-electron chi connectivity index (χ4n) is 1.54. The molecular formula is C11H10N2O4. The van der Waals surface area contributed by atoms with Gasteiger partial charge in [-0.1, -0.05) is 6.07 Å². The van der Waals surface area contributed by atoms with Gasteiger partial charge in [0.25, 0.3) is 5.91 Å². The first-order valence-corrected chi connectivity index (χ1v) is 4.92. The van der Waals surface area contributed by atoms with Crippen molar-refractivity contribution in [2.75, 3.05) is 7.05 Å². The van der Waals surface area contributed by atoms with Gasteiger partial charge < -0.3 is 9.32 Å². The highest BCUT2D eigenvalue weighted by atomic mass is 16.4. The van der Waals surface area contributed by atoms with Crippen LogP contribution in [0.15, 0.2) is 27.4 Å². The molecule has 0 bridgehead atoms. The topological polar surface area (TPSA) is 83.4 Å². The van der Waals surface area contributed by atoms with Crippen LogP contribution in [0.2, 0.25) is 0 Å². The SMILES string of the molecule is CN(Cc1ccc2oc(=O)[nH]c2c1)C(=O)C=O. The standard InChI is InChI=1S/C11H10N2O4/c1-13(10(15)6-14)5-7-2-3-9-8(4-7)12-11(16)17-9/h2-4,6H,5H2,1H3,(H,12,16). The number of aromatic nitrogens is 1. The number of hydrogen-bond donors (Lipinski definition) is 1. The van der Waals surface area contributed by atoms with E-state index >= 15 is 0 Å². The molecule has 0 fully saturated rings. The maximum Gasteiger partial charge on any atom is 0.417 e. The third kappa shape index (κ3) is 2.25. The highest BCUT2D eigenvalue weighted by Crippen LogP contribution is 2.13. The Balaban J connectivity index is 2.27. The van der Waals surface area contributed by atoms with Crippen LogP contribution in [-0.4, -0.2) is 29.1 Å². The van der Waals surface area contributed by atoms with Crippen LogP contribution in [0.1, 0.15) is 5.56 Å². The summed E-state index contributed by atoms with van der Waals surface area (Å²) in [6.07, 6.45) is 0.262. The van der Waals surface area contributed by atoms with Crippen LogP contribution < -0.4 is 5.76 Å². The average molecular weight is 234 g/mol. The lowest BCUT2D eigenvalue weighted by Gasteiger charge is -2.13. The number of oxazole rings is 1. The van der Waals surface area contributed by atoms with E-state index in [0.717, 1.165) is 5.56 Å². The van der Waals surface area contributed by atoms with Crippen LogP contribution in [0.3, 0.4) is 0 Å². The maximum atomic E-state index is 11.1. The summed E-state index contributed by atoms with van der Waals surface area (Å²) in [5, 5.41) is 0. The van der Waals surface area contributed by atoms with Gasteiger partial charge in [0, 0.05) is 13.6 Å². The second-order valence-electron chi connectivity index (χ2n) is 3.66. The van der Waals surface area contributed by atoms with E-state index in [9.17, 15) is 14.4 Å². The molecule has 17 heavy (non-hydrogen) atoms. The molecule has 1 aromatic carbocycles. The van der Waals surface area contributed by atoms with E-state index in [1.54, 1.807) is 18.2 Å². The van der Waals surface area contributed by atoms with Crippen molar-refractivity contribution in [2.45, 2.75) is 6.54 Å². The quantitative estimate of drug-likeness (QED) is 0.610. The second-order valence-corrected chi connectivity index (χ2v) is 3.66. The second kappa shape index (κ2) is 4.25. The lowest BCUT2D eigenvalue weighted by atomic mass is 10.2. The minimum Gasteiger partial charge on any atom is -0.408 e. The summed E-state index contributed by atoms with van der Waals surface area (Å²) < 4.78 is 4.85. The zero-order valence-electron chi connectivity index (χ0n) is 9.10. The average Bonchev–Trinajstić information content (AvgIpc) is 2.67. The number of nitrogens with one attached hydrogen (secondary N) is 1. The van der Waals surface area contributed by atoms with Crippen LogP contribution in [-0.2, 0) is 16.1 Å². The van der Waals surface area contributed by atoms with Crippen molar-refractivity contribution in [1.82, 2.24) is 9.88 Å². The molecule has 1 heterocycles. The van der Waals surface area contributed by atoms with E-state index in [-0.39, 0.29) is 6.29 Å². The molecule has 88 valence electrons. The number of carbonyl (C=O) groups excluding carboxylic acids is 2. The fraction of sp³-hybridized carbons (Fsp3) is 0.182. The van der Waals surface area contributed by atoms with Gasteiger partial charge >= 0.3 is 5.76 Å². The van der Waals surface area contributed by atoms with E-state index in [1.165, 1.54) is 11.9 Å². The molecule has 1 aromatic heterocycles. The number of aldehydes is 1. The van der Waals surface area contributed by atoms with Crippen molar-refractivity contribution in [2.24, 2.45) is 0 Å². The van der Waals surface area contributed by atoms with E-state index in [4.69, 9.17) is 4.42 Å². The minimum atomic E-state index is -0.592. The number of amides is 1. The van der Waals surface area contributed by atoms with Crippen LogP contribution >= 0.6 is 0 Å². The third-order valence-corrected chi connectivity index (χ3v) is 2.38. The van der Waals surface area contributed by atoms with Crippen molar-refractivity contribution in [3.05, 3.63) is 34.3 Å². The van der Waals surface area contributed by atoms with Gasteiger partial charge in [-0.3, -0.25) is 14.6 Å². The molecule has 0 radical (unpaired) electrons. The van der Waals surface area contributed by atoms with Crippen molar-refractivity contribution < 1.29 is 14.0 Å². The van der Waals surface area contributed by atoms with E-state index < -0.39 is 11.7 Å². The number of benzene rings is 1. The van der Waals surface area contributed by atoms with Gasteiger partial charge in [0.15, 0.2) is 5.58 Å². The van der Waals surface area contributed by atoms with Crippen molar-refractivity contribution in [1.29, 1.82) is 0 Å². The van der Waals surface area contributed by atoms with Crippen molar-refractivity contribution >= 4 is 23.3 Å². The Kier molecular flexibility index (Phi) is 2.78. The normalized spacial score (nSPS) is 10.4. The summed E-state index contributed by atoms with van der Waals surface area (Å²) in [4.78, 5) is 36.1. The van der Waals surface area contributed by atoms with Crippen LogP contribution in [0, 0.1) is 0 Å². The molecule has 0 atom stereocenters. The van der Waals surface area contributed by atoms with Crippen LogP contribution in [0.5, 0.6) is 0 Å². The molecule has 0 spiro atoms. The van der Waals surface area contributed by atoms with Gasteiger partial charge in [0.1, 0.15) is 0 Å². The molecule has 6 heteroatoms. The smallest absolute Gasteiger partial charge is 0.408 e. The largest absolute Gasteiger partial charge is 0.417 e. The molecular weight excluding hydrogens is 224 g/mol. The number of nitrogens with zero attached hydrogens (tertiary/aromatic N) is 1. The van der Waals surface area contributed by atoms with Gasteiger partial charge in [-0.15, -0.1) is 0 Å². The molecule has 6 nitrogen and oxygen atoms in total. The molecule has 1 amide bonds. The lowest BCUT2D eigenvalue weighted by molar-refractivity contribution is -0.138. The minimum absolute atomic E-state index is 0.262. The molecule has 0 unspecified atom stereocenters. The van der Waals surface area contributed by atoms with Crippen molar-refractivity contribution in [3.8, 4) is 0 Å². The van der Waals surface area contributed by atoms with Gasteiger partial charge in [0.05, 0.1) is 5.52 Å². The van der Waals surface area contributed by atoms with Crippen LogP contribution in [0.25, 0.3) is 11.1 Å². The molecule has 1 N–H and O–H groups in total. The number of aromatic amines is 1. The summed E-state index contributed by atoms with van der Waals surface area (Å²) in [5.74, 6) is -1.11. The highest BCUT2D eigenvalue weighted by Gasteiger charge is 2.08. The first-order chi connectivity index (χ1) is 8.10. The van der Waals surface area contributed by atoms with Crippen molar-refractivity contribution in [3.63, 3.8) is 0 Å². The first-order valence-electron chi connectivity index (χ1n) is 4.92. The number of rotatable bonds is 3. The first kappa shape index (κ1) is 11.1. The molecule has 0 aliphatic carbocycles.